The molecule has 140 valence electrons. The van der Waals surface area contributed by atoms with Gasteiger partial charge in [0.05, 0.1) is 27.4 Å². The molecule has 0 unspecified atom stereocenters. The van der Waals surface area contributed by atoms with Crippen LogP contribution in [0.5, 0.6) is 17.2 Å². The fraction of sp³-hybridized carbons (Fsp3) is 0.278. The fourth-order valence-corrected chi connectivity index (χ4v) is 2.08. The van der Waals surface area contributed by atoms with Crippen LogP contribution in [0.2, 0.25) is 0 Å². The molecule has 2 aromatic rings. The third-order valence-electron chi connectivity index (χ3n) is 3.12. The summed E-state index contributed by atoms with van der Waals surface area (Å²) in [5.74, 6) is 1.06. The number of ether oxygens (including phenoxy) is 3. The lowest BCUT2D eigenvalue weighted by Crippen LogP contribution is -3.00. The zero-order valence-corrected chi connectivity index (χ0v) is 17.5. The number of aryl methyl sites for hydroxylation is 1. The van der Waals surface area contributed by atoms with Crippen molar-refractivity contribution in [1.29, 1.82) is 5.26 Å². The van der Waals surface area contributed by atoms with E-state index in [1.807, 2.05) is 36.1 Å². The summed E-state index contributed by atoms with van der Waals surface area (Å²) >= 11 is 0. The van der Waals surface area contributed by atoms with Crippen LogP contribution in [0, 0.1) is 11.3 Å². The monoisotopic (exact) mass is 471 g/mol. The predicted molar refractivity (Wildman–Crippen MR) is 93.0 cm³/mol. The molecule has 0 saturated heterocycles. The van der Waals surface area contributed by atoms with Crippen molar-refractivity contribution in [1.82, 2.24) is 0 Å². The van der Waals surface area contributed by atoms with Crippen LogP contribution in [0.15, 0.2) is 36.7 Å². The van der Waals surface area contributed by atoms with Gasteiger partial charge in [-0.2, -0.15) is 5.26 Å². The molecule has 8 heteroatoms. The van der Waals surface area contributed by atoms with E-state index < -0.39 is 0 Å². The van der Waals surface area contributed by atoms with Gasteiger partial charge in [-0.3, -0.25) is 4.79 Å². The number of nitriles is 1. The normalized spacial score (nSPS) is 8.77. The molecule has 1 heterocycles. The first kappa shape index (κ1) is 23.5. The Morgan fingerprint density at radius 1 is 1.15 bits per heavy atom. The number of pyridine rings is 1. The average molecular weight is 471 g/mol. The van der Waals surface area contributed by atoms with Crippen molar-refractivity contribution in [3.05, 3.63) is 42.2 Å². The van der Waals surface area contributed by atoms with Gasteiger partial charge in [0.15, 0.2) is 23.9 Å². The van der Waals surface area contributed by atoms with Gasteiger partial charge in [-0.15, -0.1) is 0 Å². The highest BCUT2D eigenvalue weighted by molar-refractivity contribution is 6.05. The maximum absolute atomic E-state index is 12.4. The van der Waals surface area contributed by atoms with Crippen LogP contribution in [0.3, 0.4) is 0 Å². The van der Waals surface area contributed by atoms with E-state index in [2.05, 4.69) is 5.32 Å². The van der Waals surface area contributed by atoms with E-state index in [0.717, 1.165) is 0 Å². The minimum Gasteiger partial charge on any atom is -1.00 e. The van der Waals surface area contributed by atoms with Gasteiger partial charge in [0.25, 0.3) is 5.91 Å². The van der Waals surface area contributed by atoms with Crippen molar-refractivity contribution in [3.63, 3.8) is 0 Å². The van der Waals surface area contributed by atoms with Crippen LogP contribution in [-0.4, -0.2) is 27.2 Å². The number of carbonyl (C=O) groups is 1. The summed E-state index contributed by atoms with van der Waals surface area (Å²) in [5, 5.41) is 10.1. The van der Waals surface area contributed by atoms with Gasteiger partial charge in [0, 0.05) is 18.6 Å². The summed E-state index contributed by atoms with van der Waals surface area (Å²) in [6, 6.07) is 8.64. The van der Waals surface area contributed by atoms with E-state index in [9.17, 15) is 4.79 Å². The lowest BCUT2D eigenvalue weighted by molar-refractivity contribution is -0.670. The first-order valence-corrected chi connectivity index (χ1v) is 7.38. The molecule has 1 amide bonds. The molecule has 1 aromatic carbocycles. The third-order valence-corrected chi connectivity index (χ3v) is 3.12. The molecule has 0 bridgehead atoms. The molecule has 2 rings (SSSR count). The summed E-state index contributed by atoms with van der Waals surface area (Å²) in [6.45, 7) is 1.43. The highest BCUT2D eigenvalue weighted by Crippen LogP contribution is 2.38. The summed E-state index contributed by atoms with van der Waals surface area (Å²) in [5.41, 5.74) is 1.12. The Hall–Kier alpha value is -2.54. The van der Waals surface area contributed by atoms with Gasteiger partial charge in [-0.25, -0.2) is 4.57 Å². The van der Waals surface area contributed by atoms with Gasteiger partial charge < -0.3 is 43.5 Å². The third kappa shape index (κ3) is 6.40. The van der Waals surface area contributed by atoms with Crippen molar-refractivity contribution in [3.8, 4) is 23.3 Å². The molecule has 1 aromatic heterocycles. The molecule has 0 fully saturated rings. The van der Waals surface area contributed by atoms with Crippen LogP contribution < -0.4 is 48.1 Å². The first-order valence-electron chi connectivity index (χ1n) is 7.38. The first-order chi connectivity index (χ1) is 12.0. The van der Waals surface area contributed by atoms with E-state index in [1.54, 1.807) is 18.2 Å². The molecule has 0 spiro atoms. The Bertz CT molecular complexity index is 750. The molecule has 0 aliphatic heterocycles. The van der Waals surface area contributed by atoms with Crippen LogP contribution >= 0.6 is 0 Å². The number of nitrogens with one attached hydrogen (secondary N) is 1. The number of rotatable bonds is 5. The van der Waals surface area contributed by atoms with Gasteiger partial charge in [-0.1, -0.05) is 0 Å². The Balaban J connectivity index is 0.00000146. The number of hydrogen-bond acceptors (Lipinski definition) is 5. The summed E-state index contributed by atoms with van der Waals surface area (Å²) in [7, 11) is 6.42. The fourth-order valence-electron chi connectivity index (χ4n) is 2.08. The summed E-state index contributed by atoms with van der Waals surface area (Å²) in [4.78, 5) is 12.4. The molecular weight excluding hydrogens is 449 g/mol. The van der Waals surface area contributed by atoms with Crippen molar-refractivity contribution in [2.75, 3.05) is 26.6 Å². The molecule has 0 atom stereocenters. The van der Waals surface area contributed by atoms with Gasteiger partial charge in [0.1, 0.15) is 12.7 Å². The van der Waals surface area contributed by atoms with Crippen LogP contribution in [0.25, 0.3) is 0 Å². The van der Waals surface area contributed by atoms with Gasteiger partial charge in [-0.05, 0) is 18.2 Å². The quantitative estimate of drug-likeness (QED) is 0.462. The minimum absolute atomic E-state index is 0. The number of carbonyl (C=O) groups excluding carboxylic acids is 1. The minimum atomic E-state index is -0.259. The highest BCUT2D eigenvalue weighted by atomic mass is 127. The summed E-state index contributed by atoms with van der Waals surface area (Å²) in [6.07, 6.45) is 3.70. The predicted octanol–water partition coefficient (Wildman–Crippen LogP) is -0.677. The lowest BCUT2D eigenvalue weighted by Gasteiger charge is -2.13. The zero-order chi connectivity index (χ0) is 18.8. The molecule has 0 radical (unpaired) electrons. The maximum atomic E-state index is 12.4. The molecular formula is C18H22IN3O4. The lowest BCUT2D eigenvalue weighted by atomic mass is 10.1. The van der Waals surface area contributed by atoms with Crippen molar-refractivity contribution < 1.29 is 47.5 Å². The number of hydrogen-bond donors (Lipinski definition) is 1. The molecule has 1 N–H and O–H groups in total. The molecule has 0 aliphatic carbocycles. The SMILES string of the molecule is CC#N.COc1cc(C(=O)Nc2ccc[n+](C)c2)cc(OC)c1OC.[I-]. The Morgan fingerprint density at radius 2 is 1.69 bits per heavy atom. The van der Waals surface area contributed by atoms with Crippen LogP contribution in [0.4, 0.5) is 5.69 Å². The Kier molecular flexibility index (Phi) is 10.8. The second-order valence-corrected chi connectivity index (χ2v) is 4.85. The highest BCUT2D eigenvalue weighted by Gasteiger charge is 2.17. The number of aromatic nitrogens is 1. The number of halogens is 1. The van der Waals surface area contributed by atoms with Gasteiger partial charge in [0.2, 0.25) is 5.75 Å². The number of methoxy groups -OCH3 is 3. The Labute approximate surface area is 170 Å². The van der Waals surface area contributed by atoms with E-state index in [4.69, 9.17) is 19.5 Å². The number of anilines is 1. The maximum Gasteiger partial charge on any atom is 0.256 e. The number of benzene rings is 1. The molecule has 0 saturated carbocycles. The average Bonchev–Trinajstić information content (AvgIpc) is 2.61. The van der Waals surface area contributed by atoms with E-state index in [-0.39, 0.29) is 29.9 Å². The smallest absolute Gasteiger partial charge is 0.256 e. The number of nitrogens with zero attached hydrogens (tertiary/aromatic N) is 2. The molecule has 0 aliphatic rings. The molecule has 7 nitrogen and oxygen atoms in total. The van der Waals surface area contributed by atoms with E-state index in [0.29, 0.717) is 28.5 Å². The standard InChI is InChI=1S/C16H18N2O4.C2H3N.HI/c1-18-7-5-6-12(10-18)17-16(19)11-8-13(20-2)15(22-4)14(9-11)21-3;1-2-3;/h5-10H,1-4H3;1H3;1H. The summed E-state index contributed by atoms with van der Waals surface area (Å²) < 4.78 is 17.6. The van der Waals surface area contributed by atoms with Gasteiger partial charge >= 0.3 is 0 Å². The zero-order valence-electron chi connectivity index (χ0n) is 15.4. The second-order valence-electron chi connectivity index (χ2n) is 4.85. The van der Waals surface area contributed by atoms with Crippen LogP contribution in [0.1, 0.15) is 17.3 Å². The van der Waals surface area contributed by atoms with Crippen LogP contribution in [-0.2, 0) is 7.05 Å². The van der Waals surface area contributed by atoms with E-state index >= 15 is 0 Å². The second kappa shape index (κ2) is 11.9. The topological polar surface area (TPSA) is 84.5 Å². The molecule has 26 heavy (non-hydrogen) atoms. The largest absolute Gasteiger partial charge is 1.00 e. The van der Waals surface area contributed by atoms with Crippen molar-refractivity contribution in [2.45, 2.75) is 6.92 Å². The van der Waals surface area contributed by atoms with E-state index in [1.165, 1.54) is 28.3 Å². The Morgan fingerprint density at radius 3 is 2.12 bits per heavy atom. The number of amides is 1. The van der Waals surface area contributed by atoms with Crippen molar-refractivity contribution >= 4 is 11.6 Å². The van der Waals surface area contributed by atoms with Crippen molar-refractivity contribution in [2.24, 2.45) is 7.05 Å².